The zero-order valence-electron chi connectivity index (χ0n) is 10.1. The summed E-state index contributed by atoms with van der Waals surface area (Å²) in [7, 11) is 2.15. The lowest BCUT2D eigenvalue weighted by atomic mass is 10.2. The van der Waals surface area contributed by atoms with Gasteiger partial charge in [0.15, 0.2) is 0 Å². The van der Waals surface area contributed by atoms with E-state index in [0.717, 1.165) is 24.5 Å². The molecular formula is C11H21N3S. The molecule has 0 aliphatic carbocycles. The Morgan fingerprint density at radius 2 is 2.13 bits per heavy atom. The highest BCUT2D eigenvalue weighted by Gasteiger charge is 2.16. The zero-order chi connectivity index (χ0) is 11.4. The van der Waals surface area contributed by atoms with Gasteiger partial charge in [-0.2, -0.15) is 0 Å². The van der Waals surface area contributed by atoms with E-state index < -0.39 is 0 Å². The molecule has 1 heterocycles. The Kier molecular flexibility index (Phi) is 4.70. The van der Waals surface area contributed by atoms with Gasteiger partial charge in [0.25, 0.3) is 0 Å². The number of aryl methyl sites for hydroxylation is 2. The van der Waals surface area contributed by atoms with Gasteiger partial charge in [0, 0.05) is 10.9 Å². The lowest BCUT2D eigenvalue weighted by molar-refractivity contribution is 0.262. The second-order valence-electron chi connectivity index (χ2n) is 3.98. The molecule has 0 saturated heterocycles. The highest BCUT2D eigenvalue weighted by Crippen LogP contribution is 2.27. The van der Waals surface area contributed by atoms with E-state index in [2.05, 4.69) is 37.7 Å². The van der Waals surface area contributed by atoms with Crippen molar-refractivity contribution in [2.24, 2.45) is 5.73 Å². The largest absolute Gasteiger partial charge is 0.330 e. The van der Waals surface area contributed by atoms with E-state index in [-0.39, 0.29) is 0 Å². The average molecular weight is 227 g/mol. The summed E-state index contributed by atoms with van der Waals surface area (Å²) in [5.41, 5.74) is 6.68. The molecular weight excluding hydrogens is 206 g/mol. The number of hydrogen-bond acceptors (Lipinski definition) is 4. The molecule has 1 aromatic rings. The quantitative estimate of drug-likeness (QED) is 0.837. The zero-order valence-corrected chi connectivity index (χ0v) is 10.9. The van der Waals surface area contributed by atoms with Crippen molar-refractivity contribution in [3.8, 4) is 0 Å². The summed E-state index contributed by atoms with van der Waals surface area (Å²) in [5, 5.41) is 1.15. The first kappa shape index (κ1) is 12.6. The topological polar surface area (TPSA) is 42.2 Å². The number of rotatable bonds is 5. The predicted molar refractivity (Wildman–Crippen MR) is 66.3 cm³/mol. The van der Waals surface area contributed by atoms with Crippen LogP contribution in [0.3, 0.4) is 0 Å². The van der Waals surface area contributed by atoms with Gasteiger partial charge >= 0.3 is 0 Å². The van der Waals surface area contributed by atoms with E-state index in [0.29, 0.717) is 6.04 Å². The lowest BCUT2D eigenvalue weighted by Crippen LogP contribution is -2.25. The van der Waals surface area contributed by atoms with E-state index >= 15 is 0 Å². The van der Waals surface area contributed by atoms with E-state index in [4.69, 9.17) is 5.73 Å². The van der Waals surface area contributed by atoms with Crippen molar-refractivity contribution in [2.75, 3.05) is 20.1 Å². The van der Waals surface area contributed by atoms with Crippen LogP contribution in [0.5, 0.6) is 0 Å². The third-order valence-corrected chi connectivity index (χ3v) is 3.94. The molecule has 2 N–H and O–H groups in total. The number of nitrogens with two attached hydrogens (primary N) is 1. The molecule has 15 heavy (non-hydrogen) atoms. The van der Waals surface area contributed by atoms with Crippen molar-refractivity contribution in [1.82, 2.24) is 9.88 Å². The molecule has 1 atom stereocenters. The summed E-state index contributed by atoms with van der Waals surface area (Å²) in [6, 6.07) is 0.447. The Labute approximate surface area is 96.3 Å². The van der Waals surface area contributed by atoms with Crippen molar-refractivity contribution < 1.29 is 0 Å². The van der Waals surface area contributed by atoms with Crippen LogP contribution in [0.4, 0.5) is 0 Å². The van der Waals surface area contributed by atoms with Gasteiger partial charge in [0.05, 0.1) is 10.7 Å². The molecule has 3 nitrogen and oxygen atoms in total. The minimum atomic E-state index is 0.447. The van der Waals surface area contributed by atoms with Crippen molar-refractivity contribution in [1.29, 1.82) is 0 Å². The SMILES string of the molecule is Cc1nc(C)c(C(C)N(C)CCCN)s1. The highest BCUT2D eigenvalue weighted by atomic mass is 32.1. The van der Waals surface area contributed by atoms with Gasteiger partial charge < -0.3 is 5.73 Å². The molecule has 0 aliphatic heterocycles. The van der Waals surface area contributed by atoms with Crippen molar-refractivity contribution in [3.63, 3.8) is 0 Å². The van der Waals surface area contributed by atoms with Crippen LogP contribution in [0.1, 0.15) is 35.0 Å². The molecule has 1 rings (SSSR count). The molecule has 86 valence electrons. The first-order chi connectivity index (χ1) is 7.06. The van der Waals surface area contributed by atoms with E-state index in [9.17, 15) is 0 Å². The Morgan fingerprint density at radius 3 is 2.60 bits per heavy atom. The summed E-state index contributed by atoms with van der Waals surface area (Å²) in [6.45, 7) is 8.20. The molecule has 0 aromatic carbocycles. The fourth-order valence-electron chi connectivity index (χ4n) is 1.67. The third kappa shape index (κ3) is 3.26. The maximum Gasteiger partial charge on any atom is 0.0900 e. The third-order valence-electron chi connectivity index (χ3n) is 2.69. The minimum Gasteiger partial charge on any atom is -0.330 e. The van der Waals surface area contributed by atoms with Gasteiger partial charge in [-0.25, -0.2) is 4.98 Å². The normalized spacial score (nSPS) is 13.5. The Bertz CT molecular complexity index is 309. The van der Waals surface area contributed by atoms with Gasteiger partial charge in [-0.3, -0.25) is 4.90 Å². The smallest absolute Gasteiger partial charge is 0.0900 e. The van der Waals surface area contributed by atoms with Crippen molar-refractivity contribution in [2.45, 2.75) is 33.2 Å². The molecule has 0 amide bonds. The maximum absolute atomic E-state index is 5.51. The van der Waals surface area contributed by atoms with Crippen LogP contribution >= 0.6 is 11.3 Å². The van der Waals surface area contributed by atoms with Crippen LogP contribution in [0.15, 0.2) is 0 Å². The second-order valence-corrected chi connectivity index (χ2v) is 5.22. The molecule has 0 bridgehead atoms. The number of thiazole rings is 1. The fraction of sp³-hybridized carbons (Fsp3) is 0.727. The maximum atomic E-state index is 5.51. The van der Waals surface area contributed by atoms with Crippen LogP contribution in [-0.4, -0.2) is 30.0 Å². The Morgan fingerprint density at radius 1 is 1.47 bits per heavy atom. The van der Waals surface area contributed by atoms with Gasteiger partial charge in [-0.15, -0.1) is 11.3 Å². The van der Waals surface area contributed by atoms with Crippen molar-refractivity contribution in [3.05, 3.63) is 15.6 Å². The fourth-order valence-corrected chi connectivity index (χ4v) is 2.71. The average Bonchev–Trinajstić information content (AvgIpc) is 2.53. The summed E-state index contributed by atoms with van der Waals surface area (Å²) < 4.78 is 0. The number of hydrogen-bond donors (Lipinski definition) is 1. The monoisotopic (exact) mass is 227 g/mol. The van der Waals surface area contributed by atoms with Gasteiger partial charge in [-0.05, 0) is 47.3 Å². The van der Waals surface area contributed by atoms with Crippen LogP contribution in [0, 0.1) is 13.8 Å². The molecule has 0 radical (unpaired) electrons. The molecule has 1 aromatic heterocycles. The summed E-state index contributed by atoms with van der Waals surface area (Å²) >= 11 is 1.80. The minimum absolute atomic E-state index is 0.447. The molecule has 4 heteroatoms. The van der Waals surface area contributed by atoms with Gasteiger partial charge in [0.2, 0.25) is 0 Å². The van der Waals surface area contributed by atoms with Crippen molar-refractivity contribution >= 4 is 11.3 Å². The summed E-state index contributed by atoms with van der Waals surface area (Å²) in [6.07, 6.45) is 1.05. The predicted octanol–water partition coefficient (Wildman–Crippen LogP) is 2.10. The first-order valence-corrected chi connectivity index (χ1v) is 6.22. The molecule has 0 saturated carbocycles. The van der Waals surface area contributed by atoms with Crippen LogP contribution in [-0.2, 0) is 0 Å². The standard InChI is InChI=1S/C11H21N3S/c1-8-11(15-10(3)13-8)9(2)14(4)7-5-6-12/h9H,5-7,12H2,1-4H3. The molecule has 0 fully saturated rings. The van der Waals surface area contributed by atoms with Crippen LogP contribution < -0.4 is 5.73 Å². The lowest BCUT2D eigenvalue weighted by Gasteiger charge is -2.23. The summed E-state index contributed by atoms with van der Waals surface area (Å²) in [4.78, 5) is 8.18. The van der Waals surface area contributed by atoms with Crippen LogP contribution in [0.2, 0.25) is 0 Å². The second kappa shape index (κ2) is 5.58. The molecule has 0 aliphatic rings. The summed E-state index contributed by atoms with van der Waals surface area (Å²) in [5.74, 6) is 0. The number of aromatic nitrogens is 1. The van der Waals surface area contributed by atoms with E-state index in [1.165, 1.54) is 10.6 Å². The van der Waals surface area contributed by atoms with Gasteiger partial charge in [-0.1, -0.05) is 0 Å². The first-order valence-electron chi connectivity index (χ1n) is 5.40. The Hall–Kier alpha value is -0.450. The Balaban J connectivity index is 2.66. The van der Waals surface area contributed by atoms with Crippen LogP contribution in [0.25, 0.3) is 0 Å². The van der Waals surface area contributed by atoms with Gasteiger partial charge in [0.1, 0.15) is 0 Å². The molecule has 0 spiro atoms. The number of nitrogens with zero attached hydrogens (tertiary/aromatic N) is 2. The highest BCUT2D eigenvalue weighted by molar-refractivity contribution is 7.11. The van der Waals surface area contributed by atoms with E-state index in [1.54, 1.807) is 11.3 Å². The van der Waals surface area contributed by atoms with E-state index in [1.807, 2.05) is 0 Å². The molecule has 1 unspecified atom stereocenters.